The maximum atomic E-state index is 13.4. The average Bonchev–Trinajstić information content (AvgIpc) is 2.32. The van der Waals surface area contributed by atoms with Crippen LogP contribution in [0.4, 0.5) is 4.39 Å². The fraction of sp³-hybridized carbons (Fsp3) is 0.538. The largest absolute Gasteiger partial charge is 0.309 e. The molecule has 2 atom stereocenters. The lowest BCUT2D eigenvalue weighted by Crippen LogP contribution is -2.32. The summed E-state index contributed by atoms with van der Waals surface area (Å²) in [6, 6.07) is 3.63. The lowest BCUT2D eigenvalue weighted by Gasteiger charge is -2.32. The molecule has 1 nitrogen and oxygen atoms in total. The Labute approximate surface area is 111 Å². The monoisotopic (exact) mass is 273 g/mol. The molecule has 1 aliphatic rings. The molecule has 0 saturated carbocycles. The van der Waals surface area contributed by atoms with E-state index >= 15 is 0 Å². The molecule has 0 amide bonds. The summed E-state index contributed by atoms with van der Waals surface area (Å²) in [6.45, 7) is 5.33. The smallest absolute Gasteiger partial charge is 0.142 e. The van der Waals surface area contributed by atoms with Gasteiger partial charge in [-0.05, 0) is 30.2 Å². The molecular formula is C13H17ClFNS. The number of fused-ring (bicyclic) bond motifs is 1. The molecule has 0 radical (unpaired) electrons. The van der Waals surface area contributed by atoms with E-state index in [0.717, 1.165) is 29.8 Å². The van der Waals surface area contributed by atoms with Crippen molar-refractivity contribution in [2.45, 2.75) is 37.3 Å². The first kappa shape index (κ1) is 13.2. The van der Waals surface area contributed by atoms with Crippen LogP contribution >= 0.6 is 23.4 Å². The van der Waals surface area contributed by atoms with Crippen LogP contribution in [0.15, 0.2) is 12.1 Å². The van der Waals surface area contributed by atoms with Crippen molar-refractivity contribution in [2.24, 2.45) is 0 Å². The minimum atomic E-state index is -0.310. The molecular weight excluding hydrogens is 257 g/mol. The first-order valence-corrected chi connectivity index (χ1v) is 7.39. The Bertz CT molecular complexity index is 411. The fourth-order valence-corrected chi connectivity index (χ4v) is 3.68. The normalized spacial score (nSPS) is 23.5. The van der Waals surface area contributed by atoms with Gasteiger partial charge < -0.3 is 5.32 Å². The molecule has 0 fully saturated rings. The molecule has 1 aromatic carbocycles. The number of nitrogens with one attached hydrogen (secondary N) is 1. The van der Waals surface area contributed by atoms with Gasteiger partial charge in [-0.15, -0.1) is 0 Å². The zero-order valence-electron chi connectivity index (χ0n) is 10.1. The predicted molar refractivity (Wildman–Crippen MR) is 73.2 cm³/mol. The third-order valence-electron chi connectivity index (χ3n) is 3.14. The average molecular weight is 274 g/mol. The van der Waals surface area contributed by atoms with E-state index < -0.39 is 0 Å². The quantitative estimate of drug-likeness (QED) is 0.888. The highest BCUT2D eigenvalue weighted by Gasteiger charge is 2.28. The van der Waals surface area contributed by atoms with Crippen LogP contribution in [0.25, 0.3) is 0 Å². The number of thioether (sulfide) groups is 1. The molecule has 1 N–H and O–H groups in total. The second kappa shape index (κ2) is 5.59. The third-order valence-corrected chi connectivity index (χ3v) is 4.80. The van der Waals surface area contributed by atoms with Crippen LogP contribution in [0.3, 0.4) is 0 Å². The summed E-state index contributed by atoms with van der Waals surface area (Å²) in [4.78, 5) is 0. The summed E-state index contributed by atoms with van der Waals surface area (Å²) in [6.07, 6.45) is 1.10. The van der Waals surface area contributed by atoms with Crippen molar-refractivity contribution in [3.8, 4) is 0 Å². The lowest BCUT2D eigenvalue weighted by atomic mass is 9.98. The highest BCUT2D eigenvalue weighted by molar-refractivity contribution is 7.99. The summed E-state index contributed by atoms with van der Waals surface area (Å²) >= 11 is 7.87. The molecule has 4 heteroatoms. The minimum absolute atomic E-state index is 0.279. The van der Waals surface area contributed by atoms with Gasteiger partial charge in [0, 0.05) is 17.0 Å². The van der Waals surface area contributed by atoms with Crippen molar-refractivity contribution in [1.29, 1.82) is 0 Å². The summed E-state index contributed by atoms with van der Waals surface area (Å²) < 4.78 is 13.4. The molecule has 17 heavy (non-hydrogen) atoms. The second-order valence-electron chi connectivity index (χ2n) is 4.38. The Morgan fingerprint density at radius 2 is 2.29 bits per heavy atom. The van der Waals surface area contributed by atoms with Crippen LogP contribution in [-0.4, -0.2) is 11.8 Å². The second-order valence-corrected chi connectivity index (χ2v) is 6.12. The van der Waals surface area contributed by atoms with Gasteiger partial charge in [-0.3, -0.25) is 0 Å². The van der Waals surface area contributed by atoms with Gasteiger partial charge in [0.25, 0.3) is 0 Å². The maximum absolute atomic E-state index is 13.4. The van der Waals surface area contributed by atoms with Crippen LogP contribution in [0.2, 0.25) is 5.02 Å². The molecule has 0 aliphatic carbocycles. The molecule has 1 aromatic rings. The first-order valence-electron chi connectivity index (χ1n) is 5.97. The Kier molecular flexibility index (Phi) is 4.34. The van der Waals surface area contributed by atoms with Gasteiger partial charge in [0.2, 0.25) is 0 Å². The standard InChI is InChI=1S/C13H17ClFNS/c1-3-6-16-13-8(2)17-7-10-9(13)4-5-11(15)12(10)14/h4-5,8,13,16H,3,6-7H2,1-2H3. The van der Waals surface area contributed by atoms with E-state index in [1.165, 1.54) is 6.07 Å². The molecule has 94 valence electrons. The molecule has 1 heterocycles. The van der Waals surface area contributed by atoms with E-state index in [9.17, 15) is 4.39 Å². The number of hydrogen-bond acceptors (Lipinski definition) is 2. The Balaban J connectivity index is 2.34. The predicted octanol–water partition coefficient (Wildman–Crippen LogP) is 4.16. The van der Waals surface area contributed by atoms with Gasteiger partial charge in [-0.25, -0.2) is 4.39 Å². The van der Waals surface area contributed by atoms with Gasteiger partial charge in [0.05, 0.1) is 5.02 Å². The highest BCUT2D eigenvalue weighted by atomic mass is 35.5. The summed E-state index contributed by atoms with van der Waals surface area (Å²) in [5.41, 5.74) is 2.12. The van der Waals surface area contributed by atoms with Crippen molar-refractivity contribution in [1.82, 2.24) is 5.32 Å². The zero-order chi connectivity index (χ0) is 12.4. The maximum Gasteiger partial charge on any atom is 0.142 e. The van der Waals surface area contributed by atoms with E-state index in [-0.39, 0.29) is 11.9 Å². The van der Waals surface area contributed by atoms with E-state index in [2.05, 4.69) is 19.2 Å². The van der Waals surface area contributed by atoms with Crippen LogP contribution < -0.4 is 5.32 Å². The SMILES string of the molecule is CCCNC1c2ccc(F)c(Cl)c2CSC1C. The fourth-order valence-electron chi connectivity index (χ4n) is 2.19. The highest BCUT2D eigenvalue weighted by Crippen LogP contribution is 2.41. The van der Waals surface area contributed by atoms with Gasteiger partial charge in [0.15, 0.2) is 0 Å². The number of hydrogen-bond donors (Lipinski definition) is 1. The van der Waals surface area contributed by atoms with Gasteiger partial charge in [-0.2, -0.15) is 11.8 Å². The van der Waals surface area contributed by atoms with Gasteiger partial charge in [0.1, 0.15) is 5.82 Å². The summed E-state index contributed by atoms with van der Waals surface area (Å²) in [5.74, 6) is 0.493. The van der Waals surface area contributed by atoms with Gasteiger partial charge in [-0.1, -0.05) is 31.5 Å². The first-order chi connectivity index (χ1) is 8.15. The molecule has 2 rings (SSSR count). The lowest BCUT2D eigenvalue weighted by molar-refractivity contribution is 0.518. The van der Waals surface area contributed by atoms with Crippen molar-refractivity contribution >= 4 is 23.4 Å². The topological polar surface area (TPSA) is 12.0 Å². The summed E-state index contributed by atoms with van der Waals surface area (Å²) in [7, 11) is 0. The number of benzene rings is 1. The molecule has 0 bridgehead atoms. The Morgan fingerprint density at radius 1 is 1.53 bits per heavy atom. The minimum Gasteiger partial charge on any atom is -0.309 e. The molecule has 0 saturated heterocycles. The van der Waals surface area contributed by atoms with Crippen molar-refractivity contribution < 1.29 is 4.39 Å². The van der Waals surface area contributed by atoms with Crippen LogP contribution in [-0.2, 0) is 5.75 Å². The van der Waals surface area contributed by atoms with Crippen molar-refractivity contribution in [3.05, 3.63) is 34.1 Å². The molecule has 0 aromatic heterocycles. The third kappa shape index (κ3) is 2.61. The molecule has 0 spiro atoms. The number of halogens is 2. The van der Waals surface area contributed by atoms with E-state index in [4.69, 9.17) is 11.6 Å². The molecule has 2 unspecified atom stereocenters. The van der Waals surface area contributed by atoms with Crippen LogP contribution in [0, 0.1) is 5.82 Å². The summed E-state index contributed by atoms with van der Waals surface area (Å²) in [5, 5.41) is 4.31. The van der Waals surface area contributed by atoms with E-state index in [0.29, 0.717) is 10.3 Å². The number of rotatable bonds is 3. The zero-order valence-corrected chi connectivity index (χ0v) is 11.7. The molecule has 1 aliphatic heterocycles. The Morgan fingerprint density at radius 3 is 3.00 bits per heavy atom. The Hall–Kier alpha value is -0.250. The van der Waals surface area contributed by atoms with E-state index in [1.54, 1.807) is 0 Å². The van der Waals surface area contributed by atoms with Crippen LogP contribution in [0.1, 0.15) is 37.4 Å². The van der Waals surface area contributed by atoms with Crippen molar-refractivity contribution in [3.63, 3.8) is 0 Å². The van der Waals surface area contributed by atoms with E-state index in [1.807, 2.05) is 17.8 Å². The van der Waals surface area contributed by atoms with Crippen LogP contribution in [0.5, 0.6) is 0 Å². The van der Waals surface area contributed by atoms with Crippen molar-refractivity contribution in [2.75, 3.05) is 6.54 Å². The van der Waals surface area contributed by atoms with Gasteiger partial charge >= 0.3 is 0 Å².